The number of halogens is 2. The summed E-state index contributed by atoms with van der Waals surface area (Å²) in [4.78, 5) is 25.0. The van der Waals surface area contributed by atoms with Crippen LogP contribution in [-0.2, 0) is 0 Å². The molecular formula is C26H33ClFN7. The van der Waals surface area contributed by atoms with Crippen LogP contribution in [0.5, 0.6) is 0 Å². The fourth-order valence-corrected chi connectivity index (χ4v) is 4.77. The molecule has 186 valence electrons. The molecule has 0 bridgehead atoms. The van der Waals surface area contributed by atoms with Gasteiger partial charge in [-0.05, 0) is 38.3 Å². The highest BCUT2D eigenvalue weighted by molar-refractivity contribution is 6.31. The predicted octanol–water partition coefficient (Wildman–Crippen LogP) is 5.38. The van der Waals surface area contributed by atoms with Crippen molar-refractivity contribution >= 4 is 29.2 Å². The first-order chi connectivity index (χ1) is 17.0. The minimum atomic E-state index is -0.224. The number of piperazine rings is 1. The zero-order chi connectivity index (χ0) is 24.9. The van der Waals surface area contributed by atoms with Gasteiger partial charge in [-0.25, -0.2) is 19.3 Å². The summed E-state index contributed by atoms with van der Waals surface area (Å²) in [5, 5.41) is 0.417. The average molecular weight is 498 g/mol. The summed E-state index contributed by atoms with van der Waals surface area (Å²) in [6, 6.07) is 7.43. The largest absolute Gasteiger partial charge is 0.350 e. The summed E-state index contributed by atoms with van der Waals surface area (Å²) in [6.45, 7) is 12.1. The minimum Gasteiger partial charge on any atom is -0.350 e. The van der Waals surface area contributed by atoms with E-state index in [2.05, 4.69) is 31.6 Å². The van der Waals surface area contributed by atoms with Gasteiger partial charge in [0, 0.05) is 62.8 Å². The second-order valence-corrected chi connectivity index (χ2v) is 9.09. The standard InChI is InChI=1S/C24H27ClFN7.C2H6/c1-16-5-6-18(13-19(16)26)20-14-21(30-24(29-20)31-9-3-4-10-31)33-12-11-32(15-17(33)2)23-22(25)27-7-8-28-23;1-2/h5-8,13-14,17H,3-4,9-12,15H2,1-2H3;1-2H3. The molecule has 1 atom stereocenters. The van der Waals surface area contributed by atoms with E-state index in [0.29, 0.717) is 22.5 Å². The van der Waals surface area contributed by atoms with Crippen molar-refractivity contribution in [2.24, 2.45) is 0 Å². The van der Waals surface area contributed by atoms with Crippen LogP contribution in [0.15, 0.2) is 36.7 Å². The molecule has 7 nitrogen and oxygen atoms in total. The van der Waals surface area contributed by atoms with E-state index in [1.165, 1.54) is 0 Å². The monoisotopic (exact) mass is 497 g/mol. The fraction of sp³-hybridized carbons (Fsp3) is 0.462. The lowest BCUT2D eigenvalue weighted by Crippen LogP contribution is -2.52. The van der Waals surface area contributed by atoms with Crippen molar-refractivity contribution in [3.05, 3.63) is 53.2 Å². The first kappa shape index (κ1) is 25.1. The lowest BCUT2D eigenvalue weighted by molar-refractivity contribution is 0.542. The highest BCUT2D eigenvalue weighted by Gasteiger charge is 2.28. The summed E-state index contributed by atoms with van der Waals surface area (Å²) in [7, 11) is 0. The van der Waals surface area contributed by atoms with Crippen LogP contribution in [-0.4, -0.2) is 58.7 Å². The molecule has 5 rings (SSSR count). The van der Waals surface area contributed by atoms with Gasteiger partial charge in [0.15, 0.2) is 11.0 Å². The van der Waals surface area contributed by atoms with Crippen molar-refractivity contribution in [3.63, 3.8) is 0 Å². The van der Waals surface area contributed by atoms with Crippen LogP contribution in [0.4, 0.5) is 22.0 Å². The van der Waals surface area contributed by atoms with E-state index in [9.17, 15) is 4.39 Å². The van der Waals surface area contributed by atoms with Gasteiger partial charge >= 0.3 is 0 Å². The lowest BCUT2D eigenvalue weighted by atomic mass is 10.1. The smallest absolute Gasteiger partial charge is 0.227 e. The highest BCUT2D eigenvalue weighted by Crippen LogP contribution is 2.30. The molecule has 0 radical (unpaired) electrons. The average Bonchev–Trinajstić information content (AvgIpc) is 3.42. The summed E-state index contributed by atoms with van der Waals surface area (Å²) in [5.74, 6) is 2.06. The molecule has 4 heterocycles. The van der Waals surface area contributed by atoms with E-state index in [1.54, 1.807) is 31.5 Å². The van der Waals surface area contributed by atoms with Crippen LogP contribution in [0.2, 0.25) is 5.15 Å². The fourth-order valence-electron chi connectivity index (χ4n) is 4.54. The molecule has 0 amide bonds. The molecule has 1 aromatic carbocycles. The SMILES string of the molecule is CC.Cc1ccc(-c2cc(N3CCN(c4nccnc4Cl)CC3C)nc(N3CCCC3)n2)cc1F. The Morgan fingerprint density at radius 1 is 0.943 bits per heavy atom. The Kier molecular flexibility index (Phi) is 8.00. The molecule has 2 saturated heterocycles. The number of aromatic nitrogens is 4. The molecule has 9 heteroatoms. The summed E-state index contributed by atoms with van der Waals surface area (Å²) >= 11 is 6.28. The van der Waals surface area contributed by atoms with Crippen LogP contribution >= 0.6 is 11.6 Å². The number of nitrogens with zero attached hydrogens (tertiary/aromatic N) is 7. The van der Waals surface area contributed by atoms with Crippen LogP contribution in [0.3, 0.4) is 0 Å². The van der Waals surface area contributed by atoms with Gasteiger partial charge in [-0.15, -0.1) is 0 Å². The molecule has 0 saturated carbocycles. The van der Waals surface area contributed by atoms with Gasteiger partial charge in [-0.1, -0.05) is 37.6 Å². The molecule has 0 aliphatic carbocycles. The predicted molar refractivity (Wildman–Crippen MR) is 141 cm³/mol. The van der Waals surface area contributed by atoms with Crippen LogP contribution < -0.4 is 14.7 Å². The Morgan fingerprint density at radius 3 is 2.37 bits per heavy atom. The van der Waals surface area contributed by atoms with Crippen molar-refractivity contribution in [2.75, 3.05) is 47.4 Å². The van der Waals surface area contributed by atoms with Gasteiger partial charge in [0.2, 0.25) is 5.95 Å². The maximum absolute atomic E-state index is 14.3. The van der Waals surface area contributed by atoms with E-state index in [0.717, 1.165) is 62.6 Å². The van der Waals surface area contributed by atoms with Gasteiger partial charge in [0.1, 0.15) is 11.6 Å². The summed E-state index contributed by atoms with van der Waals surface area (Å²) in [5.41, 5.74) is 2.13. The molecule has 2 aliphatic heterocycles. The Labute approximate surface area is 212 Å². The van der Waals surface area contributed by atoms with E-state index in [1.807, 2.05) is 26.0 Å². The number of hydrogen-bond acceptors (Lipinski definition) is 7. The lowest BCUT2D eigenvalue weighted by Gasteiger charge is -2.41. The summed E-state index contributed by atoms with van der Waals surface area (Å²) < 4.78 is 14.3. The topological polar surface area (TPSA) is 61.3 Å². The quantitative estimate of drug-likeness (QED) is 0.479. The van der Waals surface area contributed by atoms with E-state index in [4.69, 9.17) is 21.6 Å². The second-order valence-electron chi connectivity index (χ2n) is 8.73. The number of aryl methyl sites for hydroxylation is 1. The molecule has 2 aliphatic rings. The highest BCUT2D eigenvalue weighted by atomic mass is 35.5. The Hall–Kier alpha value is -3.00. The van der Waals surface area contributed by atoms with Gasteiger partial charge in [0.25, 0.3) is 0 Å². The van der Waals surface area contributed by atoms with Crippen molar-refractivity contribution < 1.29 is 4.39 Å². The molecule has 2 aromatic heterocycles. The van der Waals surface area contributed by atoms with E-state index < -0.39 is 0 Å². The van der Waals surface area contributed by atoms with Gasteiger partial charge in [-0.3, -0.25) is 0 Å². The van der Waals surface area contributed by atoms with E-state index >= 15 is 0 Å². The zero-order valence-electron chi connectivity index (χ0n) is 20.9. The molecule has 1 unspecified atom stereocenters. The van der Waals surface area contributed by atoms with Crippen LogP contribution in [0.1, 0.15) is 39.2 Å². The van der Waals surface area contributed by atoms with Gasteiger partial charge in [-0.2, -0.15) is 4.98 Å². The Morgan fingerprint density at radius 2 is 1.69 bits per heavy atom. The van der Waals surface area contributed by atoms with Crippen molar-refractivity contribution in [1.29, 1.82) is 0 Å². The third kappa shape index (κ3) is 5.48. The second kappa shape index (κ2) is 11.2. The molecule has 0 N–H and O–H groups in total. The number of rotatable bonds is 4. The minimum absolute atomic E-state index is 0.167. The summed E-state index contributed by atoms with van der Waals surface area (Å²) in [6.07, 6.45) is 5.53. The first-order valence-corrected chi connectivity index (χ1v) is 12.8. The normalized spacial score (nSPS) is 17.9. The Bertz CT molecular complexity index is 1150. The zero-order valence-corrected chi connectivity index (χ0v) is 21.6. The first-order valence-electron chi connectivity index (χ1n) is 12.4. The van der Waals surface area contributed by atoms with Crippen LogP contribution in [0.25, 0.3) is 11.3 Å². The Balaban J connectivity index is 0.00000141. The van der Waals surface area contributed by atoms with Gasteiger partial charge < -0.3 is 14.7 Å². The molecular weight excluding hydrogens is 465 g/mol. The maximum Gasteiger partial charge on any atom is 0.227 e. The van der Waals surface area contributed by atoms with Crippen molar-refractivity contribution in [3.8, 4) is 11.3 Å². The molecule has 2 fully saturated rings. The number of hydrogen-bond donors (Lipinski definition) is 0. The molecule has 0 spiro atoms. The van der Waals surface area contributed by atoms with Crippen LogP contribution in [0, 0.1) is 12.7 Å². The third-order valence-electron chi connectivity index (χ3n) is 6.41. The van der Waals surface area contributed by atoms with E-state index in [-0.39, 0.29) is 11.9 Å². The number of anilines is 3. The maximum atomic E-state index is 14.3. The molecule has 3 aromatic rings. The molecule has 35 heavy (non-hydrogen) atoms. The third-order valence-corrected chi connectivity index (χ3v) is 6.68. The number of benzene rings is 1. The van der Waals surface area contributed by atoms with Gasteiger partial charge in [0.05, 0.1) is 5.69 Å². The van der Waals surface area contributed by atoms with Crippen molar-refractivity contribution in [1.82, 2.24) is 19.9 Å². The van der Waals surface area contributed by atoms with Crippen molar-refractivity contribution in [2.45, 2.75) is 46.6 Å².